The van der Waals surface area contributed by atoms with Gasteiger partial charge in [-0.05, 0) is 38.5 Å². The van der Waals surface area contributed by atoms with Gasteiger partial charge >= 0.3 is 0 Å². The Morgan fingerprint density at radius 3 is 2.48 bits per heavy atom. The second-order valence-electron chi connectivity index (χ2n) is 5.63. The molecule has 2 aromatic heterocycles. The highest BCUT2D eigenvalue weighted by atomic mass is 32.2. The number of thioether (sulfide) groups is 1. The Labute approximate surface area is 149 Å². The standard InChI is InChI=1S/C18H17N5OS/c1-10-11(2)20-18(21-12(10)3)25-9-16(24)13(8-19)17-22-14-6-4-5-7-15(14)23-17/h4-7,24H,9H2,1-3H3,(H,22,23). The summed E-state index contributed by atoms with van der Waals surface area (Å²) in [6, 6.07) is 9.51. The fourth-order valence-electron chi connectivity index (χ4n) is 2.34. The number of aromatic nitrogens is 4. The third-order valence-electron chi connectivity index (χ3n) is 3.98. The third kappa shape index (κ3) is 3.49. The van der Waals surface area contributed by atoms with Crippen LogP contribution in [-0.2, 0) is 0 Å². The molecule has 0 bridgehead atoms. The summed E-state index contributed by atoms with van der Waals surface area (Å²) in [6.07, 6.45) is 0. The zero-order valence-corrected chi connectivity index (χ0v) is 15.0. The molecule has 0 amide bonds. The van der Waals surface area contributed by atoms with Gasteiger partial charge < -0.3 is 10.1 Å². The number of nitriles is 1. The van der Waals surface area contributed by atoms with Crippen molar-refractivity contribution in [2.75, 3.05) is 5.75 Å². The van der Waals surface area contributed by atoms with Gasteiger partial charge in [0.05, 0.1) is 16.8 Å². The van der Waals surface area contributed by atoms with E-state index < -0.39 is 0 Å². The molecule has 0 fully saturated rings. The molecule has 126 valence electrons. The van der Waals surface area contributed by atoms with Gasteiger partial charge in [-0.1, -0.05) is 23.9 Å². The minimum absolute atomic E-state index is 0.0500. The minimum atomic E-state index is -0.0500. The molecule has 3 aromatic rings. The summed E-state index contributed by atoms with van der Waals surface area (Å²) in [5.41, 5.74) is 4.58. The fraction of sp³-hybridized carbons (Fsp3) is 0.222. The second-order valence-corrected chi connectivity index (χ2v) is 6.57. The van der Waals surface area contributed by atoms with E-state index in [4.69, 9.17) is 0 Å². The number of aliphatic hydroxyl groups excluding tert-OH is 1. The van der Waals surface area contributed by atoms with Crippen LogP contribution in [0, 0.1) is 32.1 Å². The average molecular weight is 351 g/mol. The Bertz CT molecular complexity index is 960. The van der Waals surface area contributed by atoms with E-state index in [1.807, 2.05) is 51.1 Å². The number of aryl methyl sites for hydroxylation is 2. The van der Waals surface area contributed by atoms with Gasteiger partial charge in [-0.3, -0.25) is 0 Å². The van der Waals surface area contributed by atoms with E-state index in [9.17, 15) is 10.4 Å². The number of aliphatic hydroxyl groups is 1. The summed E-state index contributed by atoms with van der Waals surface area (Å²) in [5.74, 6) is 0.507. The quantitative estimate of drug-likeness (QED) is 0.320. The number of allylic oxidation sites excluding steroid dienone is 1. The molecule has 2 heterocycles. The number of rotatable bonds is 4. The van der Waals surface area contributed by atoms with Crippen molar-refractivity contribution in [1.29, 1.82) is 5.26 Å². The minimum Gasteiger partial charge on any atom is -0.510 e. The Balaban J connectivity index is 1.86. The van der Waals surface area contributed by atoms with Crippen LogP contribution in [0.1, 0.15) is 22.8 Å². The molecule has 0 aliphatic heterocycles. The number of hydrogen-bond acceptors (Lipinski definition) is 6. The van der Waals surface area contributed by atoms with Crippen molar-refractivity contribution in [3.63, 3.8) is 0 Å². The van der Waals surface area contributed by atoms with Crippen LogP contribution in [-0.4, -0.2) is 30.8 Å². The molecule has 0 radical (unpaired) electrons. The molecule has 3 rings (SSSR count). The van der Waals surface area contributed by atoms with Crippen molar-refractivity contribution in [2.45, 2.75) is 25.9 Å². The zero-order valence-electron chi connectivity index (χ0n) is 14.2. The van der Waals surface area contributed by atoms with Crippen LogP contribution in [0.3, 0.4) is 0 Å². The van der Waals surface area contributed by atoms with E-state index in [0.717, 1.165) is 28.0 Å². The Morgan fingerprint density at radius 1 is 1.16 bits per heavy atom. The molecule has 0 spiro atoms. The topological polar surface area (TPSA) is 98.5 Å². The van der Waals surface area contributed by atoms with Crippen molar-refractivity contribution in [2.24, 2.45) is 0 Å². The number of aromatic amines is 1. The molecule has 0 saturated carbocycles. The molecular formula is C18H17N5OS. The number of hydrogen-bond donors (Lipinski definition) is 2. The van der Waals surface area contributed by atoms with Gasteiger partial charge in [0, 0.05) is 11.4 Å². The maximum atomic E-state index is 10.4. The third-order valence-corrected chi connectivity index (χ3v) is 4.84. The highest BCUT2D eigenvalue weighted by molar-refractivity contribution is 7.99. The van der Waals surface area contributed by atoms with Gasteiger partial charge in [0.25, 0.3) is 0 Å². The number of nitrogens with one attached hydrogen (secondary N) is 1. The molecular weight excluding hydrogens is 334 g/mol. The normalized spacial score (nSPS) is 12.1. The van der Waals surface area contributed by atoms with Crippen molar-refractivity contribution >= 4 is 28.4 Å². The molecule has 1 aromatic carbocycles. The van der Waals surface area contributed by atoms with Gasteiger partial charge in [-0.25, -0.2) is 15.0 Å². The summed E-state index contributed by atoms with van der Waals surface area (Å²) in [7, 11) is 0. The first-order chi connectivity index (χ1) is 12.0. The maximum absolute atomic E-state index is 10.4. The monoisotopic (exact) mass is 351 g/mol. The highest BCUT2D eigenvalue weighted by Gasteiger charge is 2.14. The number of para-hydroxylation sites is 2. The van der Waals surface area contributed by atoms with Crippen molar-refractivity contribution in [1.82, 2.24) is 19.9 Å². The Morgan fingerprint density at radius 2 is 1.84 bits per heavy atom. The maximum Gasteiger partial charge on any atom is 0.188 e. The predicted molar refractivity (Wildman–Crippen MR) is 98.2 cm³/mol. The van der Waals surface area contributed by atoms with Gasteiger partial charge in [-0.2, -0.15) is 5.26 Å². The van der Waals surface area contributed by atoms with Crippen LogP contribution in [0.25, 0.3) is 16.6 Å². The summed E-state index contributed by atoms with van der Waals surface area (Å²) in [4.78, 5) is 16.2. The lowest BCUT2D eigenvalue weighted by molar-refractivity contribution is 0.420. The summed E-state index contributed by atoms with van der Waals surface area (Å²) >= 11 is 1.29. The summed E-state index contributed by atoms with van der Waals surface area (Å²) < 4.78 is 0. The van der Waals surface area contributed by atoms with Crippen molar-refractivity contribution < 1.29 is 5.11 Å². The lowest BCUT2D eigenvalue weighted by Gasteiger charge is -2.07. The molecule has 0 aliphatic rings. The van der Waals surface area contributed by atoms with Gasteiger partial charge in [0.1, 0.15) is 17.4 Å². The van der Waals surface area contributed by atoms with E-state index in [-0.39, 0.29) is 17.1 Å². The molecule has 0 saturated heterocycles. The second kappa shape index (κ2) is 6.95. The number of imidazole rings is 1. The van der Waals surface area contributed by atoms with Crippen LogP contribution in [0.15, 0.2) is 35.2 Å². The van der Waals surface area contributed by atoms with E-state index >= 15 is 0 Å². The molecule has 0 aliphatic carbocycles. The highest BCUT2D eigenvalue weighted by Crippen LogP contribution is 2.23. The van der Waals surface area contributed by atoms with Crippen LogP contribution < -0.4 is 0 Å². The predicted octanol–water partition coefficient (Wildman–Crippen LogP) is 3.86. The van der Waals surface area contributed by atoms with Crippen LogP contribution in [0.5, 0.6) is 0 Å². The first kappa shape index (κ1) is 17.0. The lowest BCUT2D eigenvalue weighted by Crippen LogP contribution is -2.00. The first-order valence-electron chi connectivity index (χ1n) is 7.71. The molecule has 2 N–H and O–H groups in total. The average Bonchev–Trinajstić information content (AvgIpc) is 3.01. The first-order valence-corrected chi connectivity index (χ1v) is 8.70. The van der Waals surface area contributed by atoms with Crippen LogP contribution >= 0.6 is 11.8 Å². The van der Waals surface area contributed by atoms with Gasteiger partial charge in [0.2, 0.25) is 0 Å². The number of H-pyrrole nitrogens is 1. The summed E-state index contributed by atoms with van der Waals surface area (Å²) in [5, 5.41) is 20.4. The number of benzene rings is 1. The Hall–Kier alpha value is -2.85. The molecule has 25 heavy (non-hydrogen) atoms. The molecule has 0 unspecified atom stereocenters. The zero-order chi connectivity index (χ0) is 18.0. The lowest BCUT2D eigenvalue weighted by atomic mass is 10.2. The largest absolute Gasteiger partial charge is 0.510 e. The number of fused-ring (bicyclic) bond motifs is 1. The van der Waals surface area contributed by atoms with Crippen molar-refractivity contribution in [3.8, 4) is 6.07 Å². The Kier molecular flexibility index (Phi) is 4.72. The number of nitrogens with zero attached hydrogens (tertiary/aromatic N) is 4. The smallest absolute Gasteiger partial charge is 0.188 e. The molecule has 0 atom stereocenters. The van der Waals surface area contributed by atoms with Crippen molar-refractivity contribution in [3.05, 3.63) is 52.8 Å². The van der Waals surface area contributed by atoms with E-state index in [1.165, 1.54) is 11.8 Å². The summed E-state index contributed by atoms with van der Waals surface area (Å²) in [6.45, 7) is 5.84. The molecule has 6 nitrogen and oxygen atoms in total. The van der Waals surface area contributed by atoms with Gasteiger partial charge in [0.15, 0.2) is 11.0 Å². The van der Waals surface area contributed by atoms with E-state index in [0.29, 0.717) is 11.0 Å². The SMILES string of the molecule is Cc1nc(SCC(O)=C(C#N)c2nc3ccccc3[nH]2)nc(C)c1C. The van der Waals surface area contributed by atoms with E-state index in [2.05, 4.69) is 19.9 Å². The molecule has 7 heteroatoms. The van der Waals surface area contributed by atoms with Crippen LogP contribution in [0.2, 0.25) is 0 Å². The fourth-order valence-corrected chi connectivity index (χ4v) is 3.15. The van der Waals surface area contributed by atoms with E-state index in [1.54, 1.807) is 0 Å². The van der Waals surface area contributed by atoms with Crippen LogP contribution in [0.4, 0.5) is 0 Å². The van der Waals surface area contributed by atoms with Gasteiger partial charge in [-0.15, -0.1) is 0 Å².